The minimum atomic E-state index is -0.717. The molecule has 6 nitrogen and oxygen atoms in total. The summed E-state index contributed by atoms with van der Waals surface area (Å²) in [6.45, 7) is 2.17. The Labute approximate surface area is 171 Å². The van der Waals surface area contributed by atoms with Gasteiger partial charge in [0.1, 0.15) is 16.1 Å². The van der Waals surface area contributed by atoms with E-state index in [0.29, 0.717) is 27.5 Å². The molecule has 0 unspecified atom stereocenters. The van der Waals surface area contributed by atoms with Gasteiger partial charge in [0.2, 0.25) is 0 Å². The molecule has 0 saturated carbocycles. The highest BCUT2D eigenvalue weighted by Crippen LogP contribution is 2.40. The molecule has 1 aromatic carbocycles. The Morgan fingerprint density at radius 3 is 2.86 bits per heavy atom. The first-order valence-electron chi connectivity index (χ1n) is 9.76. The normalized spacial score (nSPS) is 15.8. The topological polar surface area (TPSA) is 102 Å². The van der Waals surface area contributed by atoms with Crippen LogP contribution in [0.25, 0.3) is 11.0 Å². The van der Waals surface area contributed by atoms with E-state index in [4.69, 9.17) is 10.2 Å². The van der Waals surface area contributed by atoms with Crippen molar-refractivity contribution in [1.82, 2.24) is 0 Å². The van der Waals surface area contributed by atoms with Crippen molar-refractivity contribution in [2.24, 2.45) is 11.7 Å². The molecule has 0 aliphatic heterocycles. The van der Waals surface area contributed by atoms with Gasteiger partial charge >= 0.3 is 5.63 Å². The van der Waals surface area contributed by atoms with Crippen LogP contribution in [0.5, 0.6) is 0 Å². The molecule has 3 N–H and O–H groups in total. The lowest BCUT2D eigenvalue weighted by Gasteiger charge is -2.21. The van der Waals surface area contributed by atoms with E-state index in [1.165, 1.54) is 17.4 Å². The molecule has 0 fully saturated rings. The summed E-state index contributed by atoms with van der Waals surface area (Å²) in [4.78, 5) is 38.3. The number of rotatable bonds is 5. The highest BCUT2D eigenvalue weighted by Gasteiger charge is 2.29. The minimum Gasteiger partial charge on any atom is -0.422 e. The van der Waals surface area contributed by atoms with Gasteiger partial charge in [-0.05, 0) is 42.9 Å². The van der Waals surface area contributed by atoms with Crippen LogP contribution < -0.4 is 16.7 Å². The molecule has 2 heterocycles. The number of anilines is 1. The number of nitrogens with two attached hydrogens (primary N) is 1. The number of amides is 2. The third kappa shape index (κ3) is 3.70. The van der Waals surface area contributed by atoms with Crippen LogP contribution >= 0.6 is 11.3 Å². The van der Waals surface area contributed by atoms with Crippen LogP contribution in [-0.4, -0.2) is 11.8 Å². The average molecular weight is 410 g/mol. The van der Waals surface area contributed by atoms with Gasteiger partial charge < -0.3 is 15.5 Å². The molecule has 0 spiro atoms. The third-order valence-electron chi connectivity index (χ3n) is 5.42. The second-order valence-corrected chi connectivity index (χ2v) is 8.51. The van der Waals surface area contributed by atoms with Gasteiger partial charge in [0.25, 0.3) is 11.8 Å². The smallest absolute Gasteiger partial charge is 0.349 e. The van der Waals surface area contributed by atoms with Gasteiger partial charge in [0.15, 0.2) is 0 Å². The van der Waals surface area contributed by atoms with Crippen LogP contribution in [0.1, 0.15) is 57.3 Å². The fraction of sp³-hybridized carbons (Fsp3) is 0.318. The quantitative estimate of drug-likeness (QED) is 0.618. The largest absolute Gasteiger partial charge is 0.422 e. The summed E-state index contributed by atoms with van der Waals surface area (Å²) < 4.78 is 5.25. The molecule has 2 amide bonds. The van der Waals surface area contributed by atoms with Crippen molar-refractivity contribution >= 4 is 39.1 Å². The second kappa shape index (κ2) is 7.83. The molecule has 29 heavy (non-hydrogen) atoms. The molecule has 4 rings (SSSR count). The first-order valence-corrected chi connectivity index (χ1v) is 10.6. The van der Waals surface area contributed by atoms with Crippen LogP contribution in [0.4, 0.5) is 5.00 Å². The van der Waals surface area contributed by atoms with Gasteiger partial charge in [-0.2, -0.15) is 0 Å². The molecular formula is C22H22N2O4S. The minimum absolute atomic E-state index is 0.102. The summed E-state index contributed by atoms with van der Waals surface area (Å²) in [6.07, 6.45) is 4.95. The molecule has 150 valence electrons. The number of fused-ring (bicyclic) bond motifs is 2. The highest BCUT2D eigenvalue weighted by atomic mass is 32.1. The number of nitrogens with one attached hydrogen (secondary N) is 1. The summed E-state index contributed by atoms with van der Waals surface area (Å²) in [6, 6.07) is 8.50. The monoisotopic (exact) mass is 410 g/mol. The maximum atomic E-state index is 12.8. The molecule has 0 saturated heterocycles. The lowest BCUT2D eigenvalue weighted by Crippen LogP contribution is -2.23. The van der Waals surface area contributed by atoms with E-state index < -0.39 is 17.4 Å². The molecule has 0 radical (unpaired) electrons. The van der Waals surface area contributed by atoms with E-state index >= 15 is 0 Å². The fourth-order valence-corrected chi connectivity index (χ4v) is 5.41. The summed E-state index contributed by atoms with van der Waals surface area (Å²) in [5.74, 6) is -0.573. The molecule has 1 aliphatic rings. The van der Waals surface area contributed by atoms with Crippen molar-refractivity contribution in [3.05, 3.63) is 62.3 Å². The van der Waals surface area contributed by atoms with Gasteiger partial charge in [0.05, 0.1) is 5.56 Å². The van der Waals surface area contributed by atoms with Crippen molar-refractivity contribution in [3.8, 4) is 0 Å². The van der Waals surface area contributed by atoms with Gasteiger partial charge in [-0.25, -0.2) is 4.79 Å². The van der Waals surface area contributed by atoms with Crippen LogP contribution in [0.3, 0.4) is 0 Å². The predicted octanol–water partition coefficient (Wildman–Crippen LogP) is 4.11. The van der Waals surface area contributed by atoms with E-state index in [9.17, 15) is 14.4 Å². The number of thiophene rings is 1. The molecule has 0 bridgehead atoms. The molecule has 1 aliphatic carbocycles. The van der Waals surface area contributed by atoms with Crippen molar-refractivity contribution in [2.75, 3.05) is 5.32 Å². The average Bonchev–Trinajstić information content (AvgIpc) is 3.04. The van der Waals surface area contributed by atoms with E-state index in [0.717, 1.165) is 42.5 Å². The van der Waals surface area contributed by atoms with Gasteiger partial charge in [0, 0.05) is 10.3 Å². The number of benzene rings is 1. The molecule has 1 atom stereocenters. The van der Waals surface area contributed by atoms with Crippen molar-refractivity contribution < 1.29 is 14.0 Å². The van der Waals surface area contributed by atoms with Crippen molar-refractivity contribution in [3.63, 3.8) is 0 Å². The number of hydrogen-bond acceptors (Lipinski definition) is 5. The van der Waals surface area contributed by atoms with Gasteiger partial charge in [-0.3, -0.25) is 9.59 Å². The van der Waals surface area contributed by atoms with Crippen LogP contribution in [0.2, 0.25) is 0 Å². The maximum absolute atomic E-state index is 12.8. The predicted molar refractivity (Wildman–Crippen MR) is 114 cm³/mol. The first-order chi connectivity index (χ1) is 14.0. The Morgan fingerprint density at radius 1 is 1.31 bits per heavy atom. The number of carbonyl (C=O) groups excluding carboxylic acids is 2. The fourth-order valence-electron chi connectivity index (χ4n) is 4.05. The number of para-hydroxylation sites is 1. The number of primary amides is 1. The zero-order valence-corrected chi connectivity index (χ0v) is 16.9. The van der Waals surface area contributed by atoms with Crippen molar-refractivity contribution in [1.29, 1.82) is 0 Å². The highest BCUT2D eigenvalue weighted by molar-refractivity contribution is 7.17. The lowest BCUT2D eigenvalue weighted by molar-refractivity contribution is 0.1000. The summed E-state index contributed by atoms with van der Waals surface area (Å²) in [7, 11) is 0. The summed E-state index contributed by atoms with van der Waals surface area (Å²) in [5, 5.41) is 3.80. The maximum Gasteiger partial charge on any atom is 0.349 e. The van der Waals surface area contributed by atoms with E-state index in [1.54, 1.807) is 24.3 Å². The summed E-state index contributed by atoms with van der Waals surface area (Å²) >= 11 is 1.39. The van der Waals surface area contributed by atoms with E-state index in [2.05, 4.69) is 12.2 Å². The standard InChI is InChI=1S/C22H22N2O4S/c1-2-5-12-8-9-14-17(10-12)29-21(18(14)19(23)25)24-20(26)15-11-13-6-3-4-7-16(13)28-22(15)27/h3-4,6-7,11-12H,2,5,8-10H2,1H3,(H2,23,25)(H,24,26)/t12-/m1/s1. The Bertz CT molecular complexity index is 1160. The Balaban J connectivity index is 1.68. The molecule has 2 aromatic heterocycles. The zero-order chi connectivity index (χ0) is 20.5. The first kappa shape index (κ1) is 19.4. The Hall–Kier alpha value is -2.93. The van der Waals surface area contributed by atoms with Gasteiger partial charge in [-0.1, -0.05) is 38.0 Å². The Kier molecular flexibility index (Phi) is 5.24. The van der Waals surface area contributed by atoms with Crippen molar-refractivity contribution in [2.45, 2.75) is 39.0 Å². The zero-order valence-electron chi connectivity index (χ0n) is 16.1. The van der Waals surface area contributed by atoms with E-state index in [-0.39, 0.29) is 5.56 Å². The molecule has 7 heteroatoms. The molecule has 3 aromatic rings. The second-order valence-electron chi connectivity index (χ2n) is 7.41. The van der Waals surface area contributed by atoms with Crippen LogP contribution in [-0.2, 0) is 12.8 Å². The Morgan fingerprint density at radius 2 is 2.10 bits per heavy atom. The molecular weight excluding hydrogens is 388 g/mol. The number of hydrogen-bond donors (Lipinski definition) is 2. The SMILES string of the molecule is CCC[C@@H]1CCc2c(sc(NC(=O)c3cc4ccccc4oc3=O)c2C(N)=O)C1. The van der Waals surface area contributed by atoms with Crippen LogP contribution in [0.15, 0.2) is 39.5 Å². The van der Waals surface area contributed by atoms with E-state index in [1.807, 2.05) is 0 Å². The van der Waals surface area contributed by atoms with Gasteiger partial charge in [-0.15, -0.1) is 11.3 Å². The van der Waals surface area contributed by atoms with Crippen LogP contribution in [0, 0.1) is 5.92 Å². The summed E-state index contributed by atoms with van der Waals surface area (Å²) in [5.41, 5.74) is 6.54. The number of carbonyl (C=O) groups is 2. The third-order valence-corrected chi connectivity index (χ3v) is 6.59. The lowest BCUT2D eigenvalue weighted by atomic mass is 9.84.